The summed E-state index contributed by atoms with van der Waals surface area (Å²) in [5.41, 5.74) is 0. The van der Waals surface area contributed by atoms with Crippen LogP contribution in [-0.4, -0.2) is 9.79 Å². The number of halogens is 1. The Morgan fingerprint density at radius 3 is 1.62 bits per heavy atom. The van der Waals surface area contributed by atoms with Crippen molar-refractivity contribution in [2.75, 3.05) is 0 Å². The van der Waals surface area contributed by atoms with Crippen LogP contribution in [-0.2, 0) is 9.29 Å². The van der Waals surface area contributed by atoms with E-state index in [1.165, 1.54) is 0 Å². The molecule has 4 nitrogen and oxygen atoms in total. The molecule has 0 radical (unpaired) electrons. The predicted molar refractivity (Wildman–Crippen MR) is 25.5 cm³/mol. The summed E-state index contributed by atoms with van der Waals surface area (Å²) in [7, 11) is -4.81. The highest BCUT2D eigenvalue weighted by atomic mass is 31.2. The molecule has 0 aliphatic heterocycles. The smallest absolute Gasteiger partial charge is 0.301 e. The van der Waals surface area contributed by atoms with Gasteiger partial charge >= 0.3 is 7.82 Å². The molecule has 0 aliphatic carbocycles. The van der Waals surface area contributed by atoms with Crippen molar-refractivity contribution in [1.82, 2.24) is 0 Å². The van der Waals surface area contributed by atoms with E-state index in [1.54, 1.807) is 0 Å². The maximum Gasteiger partial charge on any atom is 0.500 e. The molecule has 0 aromatic heterocycles. The van der Waals surface area contributed by atoms with Gasteiger partial charge in [-0.2, -0.15) is 0 Å². The summed E-state index contributed by atoms with van der Waals surface area (Å²) in [5.74, 6) is 0. The lowest BCUT2D eigenvalue weighted by atomic mass is 11.3. The minimum absolute atomic E-state index is 2.10. The van der Waals surface area contributed by atoms with Crippen LogP contribution >= 0.6 is 7.82 Å². The predicted octanol–water partition coefficient (Wildman–Crippen LogP) is 0.782. The van der Waals surface area contributed by atoms with Crippen LogP contribution in [0.5, 0.6) is 0 Å². The van der Waals surface area contributed by atoms with Crippen molar-refractivity contribution in [3.05, 3.63) is 13.2 Å². The molecular weight excluding hydrogens is 138 g/mol. The summed E-state index contributed by atoms with van der Waals surface area (Å²) in [5, 5.41) is 0. The maximum atomic E-state index is 10.2. The summed E-state index contributed by atoms with van der Waals surface area (Å²) in [6.07, 6.45) is 0. The van der Waals surface area contributed by atoms with Crippen molar-refractivity contribution in [3.63, 3.8) is 0 Å². The van der Waals surface area contributed by atoms with Gasteiger partial charge in [-0.15, -0.1) is 13.2 Å². The molecule has 0 aromatic rings. The molecule has 0 aromatic carbocycles. The molecule has 0 heterocycles. The molecule has 6 heteroatoms. The maximum absolute atomic E-state index is 10.2. The number of rotatable bonds is 1. The molecule has 0 fully saturated rings. The zero-order valence-corrected chi connectivity index (χ0v) is 4.84. The quantitative estimate of drug-likeness (QED) is 0.421. The van der Waals surface area contributed by atoms with E-state index >= 15 is 0 Å². The Bertz CT molecular complexity index is 88.0. The first-order valence-electron chi connectivity index (χ1n) is 1.42. The van der Waals surface area contributed by atoms with Gasteiger partial charge in [0.2, 0.25) is 0 Å². The Labute approximate surface area is 45.7 Å². The average Bonchev–Trinajstić information content (AvgIpc) is 1.71. The molecule has 8 heavy (non-hydrogen) atoms. The minimum atomic E-state index is -4.81. The molecule has 50 valence electrons. The van der Waals surface area contributed by atoms with E-state index in [1.807, 2.05) is 0 Å². The van der Waals surface area contributed by atoms with E-state index in [-0.39, 0.29) is 0 Å². The Kier molecular flexibility index (Phi) is 6.59. The molecule has 0 amide bonds. The molecule has 0 saturated carbocycles. The van der Waals surface area contributed by atoms with Gasteiger partial charge in [-0.05, 0) is 4.53 Å². The molecule has 2 N–H and O–H groups in total. The van der Waals surface area contributed by atoms with Crippen LogP contribution < -0.4 is 0 Å². The van der Waals surface area contributed by atoms with Crippen molar-refractivity contribution in [3.8, 4) is 0 Å². The Morgan fingerprint density at radius 2 is 1.62 bits per heavy atom. The second kappa shape index (κ2) is 4.93. The van der Waals surface area contributed by atoms with Gasteiger partial charge in [0.25, 0.3) is 0 Å². The number of hydrogen-bond acceptors (Lipinski definition) is 2. The first-order valence-corrected chi connectivity index (χ1v) is 2.95. The Hall–Kier alpha value is -0.220. The molecule has 0 atom stereocenters. The van der Waals surface area contributed by atoms with Crippen molar-refractivity contribution in [2.45, 2.75) is 0 Å². The minimum Gasteiger partial charge on any atom is -0.301 e. The van der Waals surface area contributed by atoms with E-state index in [2.05, 4.69) is 17.9 Å². The molecule has 0 bridgehead atoms. The molecular formula is C2H6FO4P. The van der Waals surface area contributed by atoms with E-state index < -0.39 is 7.82 Å². The average molecular weight is 144 g/mol. The molecule has 0 aliphatic rings. The molecule has 0 spiro atoms. The monoisotopic (exact) mass is 144 g/mol. The van der Waals surface area contributed by atoms with Gasteiger partial charge in [-0.25, -0.2) is 4.57 Å². The van der Waals surface area contributed by atoms with Crippen molar-refractivity contribution < 1.29 is 23.6 Å². The SMILES string of the molecule is C=C.O=P(O)(O)OF. The van der Waals surface area contributed by atoms with Gasteiger partial charge in [0.15, 0.2) is 0 Å². The van der Waals surface area contributed by atoms with E-state index in [0.717, 1.165) is 0 Å². The second-order valence-electron chi connectivity index (χ2n) is 0.560. The van der Waals surface area contributed by atoms with Gasteiger partial charge in [-0.3, -0.25) is 0 Å². The number of hydrogen-bond donors (Lipinski definition) is 2. The van der Waals surface area contributed by atoms with Crippen LogP contribution in [0.4, 0.5) is 4.53 Å². The molecule has 0 saturated heterocycles. The highest BCUT2D eigenvalue weighted by Gasteiger charge is 2.12. The first-order chi connectivity index (χ1) is 3.56. The zero-order valence-electron chi connectivity index (χ0n) is 3.95. The molecule has 0 unspecified atom stereocenters. The lowest BCUT2D eigenvalue weighted by molar-refractivity contribution is -0.0389. The standard InChI is InChI=1S/C2H4.FH2O4P/c1-2;1-5-6(2,3)4/h1-2H2;(H2,2,3,4). The lowest BCUT2D eigenvalue weighted by Crippen LogP contribution is -1.71. The lowest BCUT2D eigenvalue weighted by Gasteiger charge is -1.87. The summed E-state index contributed by atoms with van der Waals surface area (Å²) < 4.78 is 21.4. The van der Waals surface area contributed by atoms with Crippen LogP contribution in [0, 0.1) is 0 Å². The van der Waals surface area contributed by atoms with Gasteiger partial charge in [-0.1, -0.05) is 4.73 Å². The Morgan fingerprint density at radius 1 is 1.50 bits per heavy atom. The van der Waals surface area contributed by atoms with E-state index in [4.69, 9.17) is 14.4 Å². The largest absolute Gasteiger partial charge is 0.500 e. The fraction of sp³-hybridized carbons (Fsp3) is 0. The van der Waals surface area contributed by atoms with Crippen LogP contribution in [0.1, 0.15) is 0 Å². The zero-order chi connectivity index (χ0) is 7.21. The third kappa shape index (κ3) is 17.1. The van der Waals surface area contributed by atoms with Crippen LogP contribution in [0.2, 0.25) is 0 Å². The van der Waals surface area contributed by atoms with Crippen LogP contribution in [0.3, 0.4) is 0 Å². The third-order valence-corrected chi connectivity index (χ3v) is 0.270. The van der Waals surface area contributed by atoms with E-state index in [0.29, 0.717) is 0 Å². The normalized spacial score (nSPS) is 9.38. The van der Waals surface area contributed by atoms with E-state index in [9.17, 15) is 4.53 Å². The van der Waals surface area contributed by atoms with Gasteiger partial charge in [0.1, 0.15) is 0 Å². The molecule has 0 rings (SSSR count). The number of phosphoric acid groups is 1. The Balaban J connectivity index is 0. The van der Waals surface area contributed by atoms with Gasteiger partial charge in [0.05, 0.1) is 0 Å². The van der Waals surface area contributed by atoms with Gasteiger partial charge in [0, 0.05) is 0 Å². The first kappa shape index (κ1) is 10.7. The van der Waals surface area contributed by atoms with Crippen LogP contribution in [0.25, 0.3) is 0 Å². The summed E-state index contributed by atoms with van der Waals surface area (Å²) in [4.78, 5) is 14.7. The summed E-state index contributed by atoms with van der Waals surface area (Å²) in [6, 6.07) is 0. The summed E-state index contributed by atoms with van der Waals surface area (Å²) >= 11 is 0. The highest BCUT2D eigenvalue weighted by molar-refractivity contribution is 7.46. The highest BCUT2D eigenvalue weighted by Crippen LogP contribution is 2.35. The fourth-order valence-electron chi connectivity index (χ4n) is 0. The van der Waals surface area contributed by atoms with Gasteiger partial charge < -0.3 is 9.79 Å². The fourth-order valence-corrected chi connectivity index (χ4v) is 0. The van der Waals surface area contributed by atoms with Crippen LogP contribution in [0.15, 0.2) is 13.2 Å². The van der Waals surface area contributed by atoms with Crippen molar-refractivity contribution in [1.29, 1.82) is 0 Å². The summed E-state index contributed by atoms with van der Waals surface area (Å²) in [6.45, 7) is 6.00. The van der Waals surface area contributed by atoms with Crippen molar-refractivity contribution >= 4 is 7.82 Å². The van der Waals surface area contributed by atoms with Crippen molar-refractivity contribution in [2.24, 2.45) is 0 Å². The second-order valence-corrected chi connectivity index (χ2v) is 1.68. The topological polar surface area (TPSA) is 66.8 Å². The third-order valence-electron chi connectivity index (χ3n) is 0.0899.